The fourth-order valence-electron chi connectivity index (χ4n) is 3.44. The van der Waals surface area contributed by atoms with Crippen LogP contribution in [-0.2, 0) is 9.71 Å². The zero-order valence-corrected chi connectivity index (χ0v) is 16.4. The minimum absolute atomic E-state index is 0.110. The number of hydrogen-bond acceptors (Lipinski definition) is 3. The van der Waals surface area contributed by atoms with E-state index in [9.17, 15) is 9.00 Å². The number of benzene rings is 2. The Kier molecular flexibility index (Phi) is 6.19. The SMILES string of the molecule is C=S(=O)(Nc1cccc(C(=O)NC2CNCCC2CC)c1)c1ccccc1. The van der Waals surface area contributed by atoms with E-state index in [0.29, 0.717) is 22.1 Å². The minimum Gasteiger partial charge on any atom is -0.348 e. The highest BCUT2D eigenvalue weighted by Crippen LogP contribution is 2.19. The Bertz CT molecular complexity index is 881. The summed E-state index contributed by atoms with van der Waals surface area (Å²) < 4.78 is 15.9. The monoisotopic (exact) mass is 385 g/mol. The highest BCUT2D eigenvalue weighted by atomic mass is 32.2. The van der Waals surface area contributed by atoms with E-state index in [0.717, 1.165) is 25.9 Å². The molecule has 1 heterocycles. The maximum atomic E-state index is 12.9. The number of hydrogen-bond donors (Lipinski definition) is 3. The summed E-state index contributed by atoms with van der Waals surface area (Å²) in [5, 5.41) is 6.48. The Labute approximate surface area is 161 Å². The number of amides is 1. The van der Waals surface area contributed by atoms with Crippen LogP contribution in [-0.4, -0.2) is 35.1 Å². The smallest absolute Gasteiger partial charge is 0.251 e. The molecule has 0 spiro atoms. The first-order chi connectivity index (χ1) is 13.0. The lowest BCUT2D eigenvalue weighted by molar-refractivity contribution is 0.0910. The third-order valence-corrected chi connectivity index (χ3v) is 6.60. The summed E-state index contributed by atoms with van der Waals surface area (Å²) in [6.07, 6.45) is 2.12. The number of carbonyl (C=O) groups is 1. The first kappa shape index (κ1) is 19.5. The van der Waals surface area contributed by atoms with Crippen molar-refractivity contribution in [2.45, 2.75) is 30.7 Å². The van der Waals surface area contributed by atoms with Crippen LogP contribution in [0.2, 0.25) is 0 Å². The largest absolute Gasteiger partial charge is 0.348 e. The highest BCUT2D eigenvalue weighted by molar-refractivity contribution is 8.01. The van der Waals surface area contributed by atoms with Gasteiger partial charge in [0.25, 0.3) is 5.91 Å². The van der Waals surface area contributed by atoms with Crippen molar-refractivity contribution in [3.05, 3.63) is 60.2 Å². The molecule has 3 unspecified atom stereocenters. The summed E-state index contributed by atoms with van der Waals surface area (Å²) in [6, 6.07) is 16.3. The van der Waals surface area contributed by atoms with Crippen LogP contribution in [0.1, 0.15) is 30.1 Å². The molecule has 0 radical (unpaired) electrons. The van der Waals surface area contributed by atoms with E-state index in [1.165, 1.54) is 0 Å². The second-order valence-electron chi connectivity index (χ2n) is 6.91. The molecule has 2 aromatic carbocycles. The van der Waals surface area contributed by atoms with E-state index < -0.39 is 9.71 Å². The van der Waals surface area contributed by atoms with Crippen molar-refractivity contribution in [2.75, 3.05) is 17.8 Å². The van der Waals surface area contributed by atoms with Gasteiger partial charge in [-0.15, -0.1) is 0 Å². The minimum atomic E-state index is -2.69. The third-order valence-electron chi connectivity index (χ3n) is 5.00. The van der Waals surface area contributed by atoms with Crippen molar-refractivity contribution in [2.24, 2.45) is 5.92 Å². The van der Waals surface area contributed by atoms with Crippen molar-refractivity contribution >= 4 is 27.2 Å². The molecule has 1 fully saturated rings. The van der Waals surface area contributed by atoms with Crippen LogP contribution < -0.4 is 15.4 Å². The van der Waals surface area contributed by atoms with Gasteiger partial charge < -0.3 is 15.4 Å². The number of anilines is 1. The predicted octanol–water partition coefficient (Wildman–Crippen LogP) is 2.91. The van der Waals surface area contributed by atoms with E-state index in [2.05, 4.69) is 28.1 Å². The van der Waals surface area contributed by atoms with E-state index >= 15 is 0 Å². The summed E-state index contributed by atoms with van der Waals surface area (Å²) in [6.45, 7) is 3.96. The van der Waals surface area contributed by atoms with Crippen molar-refractivity contribution in [3.63, 3.8) is 0 Å². The van der Waals surface area contributed by atoms with Crippen LogP contribution in [0.5, 0.6) is 0 Å². The quantitative estimate of drug-likeness (QED) is 0.670. The van der Waals surface area contributed by atoms with Gasteiger partial charge in [-0.3, -0.25) is 4.79 Å². The van der Waals surface area contributed by atoms with Gasteiger partial charge in [-0.1, -0.05) is 37.6 Å². The number of nitrogens with one attached hydrogen (secondary N) is 3. The fourth-order valence-corrected chi connectivity index (χ4v) is 4.66. The molecule has 5 nitrogen and oxygen atoms in total. The standard InChI is InChI=1S/C21H27N3O2S/c1-3-16-12-13-22-15-20(16)23-21(25)17-8-7-9-18(14-17)24-27(2,26)19-10-5-4-6-11-19/h4-11,14,16,20,22H,2-3,12-13,15H2,1H3,(H,23,25)(H,24,26). The average Bonchev–Trinajstić information content (AvgIpc) is 2.69. The Morgan fingerprint density at radius 3 is 2.74 bits per heavy atom. The molecule has 1 saturated heterocycles. The molecule has 3 atom stereocenters. The van der Waals surface area contributed by atoms with Crippen LogP contribution in [0.25, 0.3) is 0 Å². The molecule has 0 saturated carbocycles. The lowest BCUT2D eigenvalue weighted by atomic mass is 9.90. The molecule has 0 aromatic heterocycles. The fraction of sp³-hybridized carbons (Fsp3) is 0.333. The molecule has 3 rings (SSSR count). The van der Waals surface area contributed by atoms with Gasteiger partial charge in [0.1, 0.15) is 0 Å². The Morgan fingerprint density at radius 2 is 2.00 bits per heavy atom. The molecular formula is C21H27N3O2S. The maximum absolute atomic E-state index is 12.9. The molecule has 1 aliphatic rings. The summed E-state index contributed by atoms with van der Waals surface area (Å²) in [5.74, 6) is 4.22. The molecule has 0 bridgehead atoms. The first-order valence-electron chi connectivity index (χ1n) is 9.31. The van der Waals surface area contributed by atoms with Crippen LogP contribution in [0.4, 0.5) is 5.69 Å². The Morgan fingerprint density at radius 1 is 1.22 bits per heavy atom. The molecular weight excluding hydrogens is 358 g/mol. The van der Waals surface area contributed by atoms with Gasteiger partial charge in [0.05, 0.1) is 9.71 Å². The molecule has 1 aliphatic heterocycles. The average molecular weight is 386 g/mol. The van der Waals surface area contributed by atoms with Crippen molar-refractivity contribution < 1.29 is 9.00 Å². The molecule has 3 N–H and O–H groups in total. The first-order valence-corrected chi connectivity index (χ1v) is 11.0. The molecule has 6 heteroatoms. The lowest BCUT2D eigenvalue weighted by Crippen LogP contribution is -2.50. The van der Waals surface area contributed by atoms with Crippen molar-refractivity contribution in [3.8, 4) is 0 Å². The van der Waals surface area contributed by atoms with E-state index in [1.807, 2.05) is 18.2 Å². The highest BCUT2D eigenvalue weighted by Gasteiger charge is 2.25. The second kappa shape index (κ2) is 8.59. The molecule has 144 valence electrons. The zero-order chi connectivity index (χ0) is 19.3. The molecule has 1 amide bonds. The third kappa shape index (κ3) is 4.90. The van der Waals surface area contributed by atoms with E-state index in [-0.39, 0.29) is 11.9 Å². The number of rotatable bonds is 6. The van der Waals surface area contributed by atoms with Gasteiger partial charge >= 0.3 is 0 Å². The van der Waals surface area contributed by atoms with Gasteiger partial charge in [-0.2, -0.15) is 0 Å². The van der Waals surface area contributed by atoms with Crippen molar-refractivity contribution in [1.82, 2.24) is 10.6 Å². The number of piperidine rings is 1. The van der Waals surface area contributed by atoms with Gasteiger partial charge in [-0.25, -0.2) is 4.21 Å². The Balaban J connectivity index is 1.72. The van der Waals surface area contributed by atoms with Gasteiger partial charge in [0.2, 0.25) is 0 Å². The normalized spacial score (nSPS) is 21.8. The van der Waals surface area contributed by atoms with Crippen molar-refractivity contribution in [1.29, 1.82) is 0 Å². The topological polar surface area (TPSA) is 70.2 Å². The van der Waals surface area contributed by atoms with E-state index in [4.69, 9.17) is 0 Å². The summed E-state index contributed by atoms with van der Waals surface area (Å²) >= 11 is 0. The molecule has 2 aromatic rings. The number of carbonyl (C=O) groups excluding carboxylic acids is 1. The van der Waals surface area contributed by atoms with Gasteiger partial charge in [0.15, 0.2) is 0 Å². The van der Waals surface area contributed by atoms with Crippen LogP contribution in [0.15, 0.2) is 59.5 Å². The Hall–Kier alpha value is -2.31. The second-order valence-corrected chi connectivity index (χ2v) is 8.94. The summed E-state index contributed by atoms with van der Waals surface area (Å²) in [7, 11) is -2.69. The molecule has 0 aliphatic carbocycles. The van der Waals surface area contributed by atoms with Gasteiger partial charge in [-0.05, 0) is 55.1 Å². The molecule has 27 heavy (non-hydrogen) atoms. The van der Waals surface area contributed by atoms with Crippen LogP contribution in [0.3, 0.4) is 0 Å². The van der Waals surface area contributed by atoms with Gasteiger partial charge in [0, 0.05) is 28.7 Å². The van der Waals surface area contributed by atoms with Crippen LogP contribution in [0, 0.1) is 5.92 Å². The van der Waals surface area contributed by atoms with E-state index in [1.54, 1.807) is 36.4 Å². The lowest BCUT2D eigenvalue weighted by Gasteiger charge is -2.32. The summed E-state index contributed by atoms with van der Waals surface area (Å²) in [4.78, 5) is 13.3. The maximum Gasteiger partial charge on any atom is 0.251 e. The zero-order valence-electron chi connectivity index (χ0n) is 15.6. The summed E-state index contributed by atoms with van der Waals surface area (Å²) in [5.41, 5.74) is 1.16. The van der Waals surface area contributed by atoms with Crippen LogP contribution >= 0.6 is 0 Å². The predicted molar refractivity (Wildman–Crippen MR) is 113 cm³/mol.